The van der Waals surface area contributed by atoms with Crippen LogP contribution in [0.4, 0.5) is 0 Å². The summed E-state index contributed by atoms with van der Waals surface area (Å²) in [6, 6.07) is 2.10. The molecule has 1 N–H and O–H groups in total. The van der Waals surface area contributed by atoms with Crippen LogP contribution in [0.2, 0.25) is 0 Å². The van der Waals surface area contributed by atoms with E-state index in [9.17, 15) is 4.79 Å². The van der Waals surface area contributed by atoms with Gasteiger partial charge in [0.25, 0.3) is 0 Å². The van der Waals surface area contributed by atoms with Gasteiger partial charge in [-0.2, -0.15) is 0 Å². The lowest BCUT2D eigenvalue weighted by Crippen LogP contribution is -2.28. The van der Waals surface area contributed by atoms with Crippen LogP contribution in [0.3, 0.4) is 0 Å². The maximum atomic E-state index is 12.1. The van der Waals surface area contributed by atoms with Crippen molar-refractivity contribution >= 4 is 11.6 Å². The number of carbonyl (C=O) groups excluding carboxylic acids is 1. The first-order chi connectivity index (χ1) is 10.7. The summed E-state index contributed by atoms with van der Waals surface area (Å²) in [7, 11) is 1.78. The Labute approximate surface area is 138 Å². The first-order valence-corrected chi connectivity index (χ1v) is 7.80. The maximum Gasteiger partial charge on any atom is 0.234 e. The van der Waals surface area contributed by atoms with Gasteiger partial charge in [0.2, 0.25) is 5.91 Å². The Kier molecular flexibility index (Phi) is 4.55. The lowest BCUT2D eigenvalue weighted by molar-refractivity contribution is -0.125. The second kappa shape index (κ2) is 6.11. The van der Waals surface area contributed by atoms with E-state index in [2.05, 4.69) is 21.4 Å². The summed E-state index contributed by atoms with van der Waals surface area (Å²) in [6.07, 6.45) is 3.86. The zero-order valence-electron chi connectivity index (χ0n) is 15.0. The van der Waals surface area contributed by atoms with E-state index in [0.29, 0.717) is 0 Å². The number of aromatic nitrogens is 1. The van der Waals surface area contributed by atoms with Crippen LogP contribution < -0.4 is 5.32 Å². The monoisotopic (exact) mass is 311 g/mol. The minimum Gasteiger partial charge on any atom is -0.325 e. The van der Waals surface area contributed by atoms with Crippen molar-refractivity contribution < 1.29 is 4.79 Å². The van der Waals surface area contributed by atoms with Gasteiger partial charge < -0.3 is 5.32 Å². The van der Waals surface area contributed by atoms with Crippen LogP contribution in [-0.4, -0.2) is 23.7 Å². The van der Waals surface area contributed by atoms with Crippen LogP contribution >= 0.6 is 0 Å². The van der Waals surface area contributed by atoms with Gasteiger partial charge in [-0.25, -0.2) is 0 Å². The van der Waals surface area contributed by atoms with E-state index in [1.165, 1.54) is 0 Å². The molecule has 0 saturated heterocycles. The van der Waals surface area contributed by atoms with Crippen LogP contribution in [-0.2, 0) is 4.79 Å². The highest BCUT2D eigenvalue weighted by molar-refractivity contribution is 6.13. The van der Waals surface area contributed by atoms with E-state index in [4.69, 9.17) is 0 Å². The molecule has 1 amide bonds. The number of allylic oxidation sites excluding steroid dienone is 2. The summed E-state index contributed by atoms with van der Waals surface area (Å²) in [5.41, 5.74) is 6.46. The second-order valence-electron chi connectivity index (χ2n) is 6.66. The molecule has 0 aliphatic carbocycles. The van der Waals surface area contributed by atoms with Gasteiger partial charge in [0.05, 0.1) is 11.1 Å². The molecule has 0 radical (unpaired) electrons. The molecule has 4 heteroatoms. The number of rotatable bonds is 3. The minimum atomic E-state index is -0.462. The first kappa shape index (κ1) is 17.1. The molecular weight excluding hydrogens is 286 g/mol. The van der Waals surface area contributed by atoms with Gasteiger partial charge in [-0.3, -0.25) is 14.8 Å². The summed E-state index contributed by atoms with van der Waals surface area (Å²) in [5.74, 6) is 0.0393. The predicted octanol–water partition coefficient (Wildman–Crippen LogP) is 3.49. The molecule has 2 rings (SSSR count). The lowest BCUT2D eigenvalue weighted by atomic mass is 9.86. The Morgan fingerprint density at radius 3 is 2.48 bits per heavy atom. The summed E-state index contributed by atoms with van der Waals surface area (Å²) < 4.78 is 0. The van der Waals surface area contributed by atoms with E-state index in [0.717, 1.165) is 39.4 Å². The first-order valence-electron chi connectivity index (χ1n) is 7.80. The van der Waals surface area contributed by atoms with Gasteiger partial charge in [0.15, 0.2) is 0 Å². The molecule has 4 nitrogen and oxygen atoms in total. The average Bonchev–Trinajstić information content (AvgIpc) is 2.67. The van der Waals surface area contributed by atoms with Crippen LogP contribution in [0.1, 0.15) is 44.5 Å². The highest BCUT2D eigenvalue weighted by atomic mass is 16.2. The third kappa shape index (κ3) is 3.11. The van der Waals surface area contributed by atoms with Gasteiger partial charge in [-0.1, -0.05) is 0 Å². The molecule has 0 fully saturated rings. The highest BCUT2D eigenvalue weighted by Crippen LogP contribution is 2.34. The number of hydrogen-bond donors (Lipinski definition) is 1. The molecule has 1 aromatic rings. The molecule has 0 aromatic carbocycles. The summed E-state index contributed by atoms with van der Waals surface area (Å²) in [4.78, 5) is 21.0. The summed E-state index contributed by atoms with van der Waals surface area (Å²) in [5, 5.41) is 2.97. The predicted molar refractivity (Wildman–Crippen MR) is 94.6 cm³/mol. The Hall–Kier alpha value is -2.23. The number of nitrogens with zero attached hydrogens (tertiary/aromatic N) is 2. The van der Waals surface area contributed by atoms with Crippen LogP contribution in [0.5, 0.6) is 0 Å². The summed E-state index contributed by atoms with van der Waals surface area (Å²) in [6.45, 7) is 11.9. The fourth-order valence-electron chi connectivity index (χ4n) is 2.69. The molecule has 122 valence electrons. The maximum absolute atomic E-state index is 12.1. The number of aryl methyl sites for hydroxylation is 2. The Morgan fingerprint density at radius 2 is 1.96 bits per heavy atom. The van der Waals surface area contributed by atoms with Crippen molar-refractivity contribution in [2.75, 3.05) is 7.05 Å². The van der Waals surface area contributed by atoms with Gasteiger partial charge in [-0.05, 0) is 70.4 Å². The van der Waals surface area contributed by atoms with Gasteiger partial charge >= 0.3 is 0 Å². The van der Waals surface area contributed by atoms with E-state index >= 15 is 0 Å². The number of carbonyl (C=O) groups is 1. The SMILES string of the molecule is CN=C(/C(C)=C/C1=C(C)C(C)(C)C(=O)N1)c1cc(C)cnc1C. The standard InChI is InChI=1S/C19H25N3O/c1-11-8-15(14(4)21-10-11)17(20-7)12(2)9-16-13(3)19(5,6)18(23)22-16/h8-10H,1-7H3,(H,22,23)/b12-9+,20-17?. The van der Waals surface area contributed by atoms with Crippen molar-refractivity contribution in [3.05, 3.63) is 52.0 Å². The van der Waals surface area contributed by atoms with Gasteiger partial charge in [0, 0.05) is 30.2 Å². The normalized spacial score (nSPS) is 18.5. The summed E-state index contributed by atoms with van der Waals surface area (Å²) >= 11 is 0. The molecule has 1 aliphatic heterocycles. The topological polar surface area (TPSA) is 54.4 Å². The zero-order valence-corrected chi connectivity index (χ0v) is 15.0. The van der Waals surface area contributed by atoms with Gasteiger partial charge in [-0.15, -0.1) is 0 Å². The fraction of sp³-hybridized carbons (Fsp3) is 0.421. The Morgan fingerprint density at radius 1 is 1.30 bits per heavy atom. The van der Waals surface area contributed by atoms with E-state index in [-0.39, 0.29) is 5.91 Å². The third-order valence-corrected chi connectivity index (χ3v) is 4.59. The van der Waals surface area contributed by atoms with Crippen LogP contribution in [0.15, 0.2) is 40.2 Å². The van der Waals surface area contributed by atoms with Crippen molar-refractivity contribution in [3.8, 4) is 0 Å². The molecule has 0 spiro atoms. The molecule has 0 atom stereocenters. The molecule has 1 aromatic heterocycles. The number of aliphatic imine (C=N–C) groups is 1. The molecule has 0 bridgehead atoms. The number of amides is 1. The quantitative estimate of drug-likeness (QED) is 0.869. The Balaban J connectivity index is 2.46. The molecule has 0 saturated carbocycles. The number of nitrogens with one attached hydrogen (secondary N) is 1. The molecule has 1 aliphatic rings. The smallest absolute Gasteiger partial charge is 0.234 e. The molecular formula is C19H25N3O. The second-order valence-corrected chi connectivity index (χ2v) is 6.66. The van der Waals surface area contributed by atoms with E-state index in [1.54, 1.807) is 7.05 Å². The third-order valence-electron chi connectivity index (χ3n) is 4.59. The van der Waals surface area contributed by atoms with E-state index < -0.39 is 5.41 Å². The van der Waals surface area contributed by atoms with Crippen molar-refractivity contribution in [1.29, 1.82) is 0 Å². The van der Waals surface area contributed by atoms with Crippen molar-refractivity contribution in [1.82, 2.24) is 10.3 Å². The highest BCUT2D eigenvalue weighted by Gasteiger charge is 2.37. The molecule has 0 unspecified atom stereocenters. The molecule has 23 heavy (non-hydrogen) atoms. The minimum absolute atomic E-state index is 0.0393. The van der Waals surface area contributed by atoms with Crippen LogP contribution in [0.25, 0.3) is 0 Å². The largest absolute Gasteiger partial charge is 0.325 e. The lowest BCUT2D eigenvalue weighted by Gasteiger charge is -2.15. The van der Waals surface area contributed by atoms with Crippen molar-refractivity contribution in [2.45, 2.75) is 41.5 Å². The zero-order chi connectivity index (χ0) is 17.4. The van der Waals surface area contributed by atoms with E-state index in [1.807, 2.05) is 53.8 Å². The Bertz CT molecular complexity index is 752. The van der Waals surface area contributed by atoms with Crippen molar-refractivity contribution in [2.24, 2.45) is 10.4 Å². The number of hydrogen-bond acceptors (Lipinski definition) is 3. The molecule has 2 heterocycles. The van der Waals surface area contributed by atoms with Crippen molar-refractivity contribution in [3.63, 3.8) is 0 Å². The fourth-order valence-corrected chi connectivity index (χ4v) is 2.69. The van der Waals surface area contributed by atoms with Crippen LogP contribution in [0, 0.1) is 19.3 Å². The average molecular weight is 311 g/mol. The van der Waals surface area contributed by atoms with Gasteiger partial charge in [0.1, 0.15) is 0 Å². The number of pyridine rings is 1.